The minimum absolute atomic E-state index is 0.128. The van der Waals surface area contributed by atoms with Crippen molar-refractivity contribution >= 4 is 63.8 Å². The summed E-state index contributed by atoms with van der Waals surface area (Å²) < 4.78 is 5.84. The first kappa shape index (κ1) is 22.7. The third-order valence-corrected chi connectivity index (χ3v) is 6.57. The highest BCUT2D eigenvalue weighted by Crippen LogP contribution is 2.34. The maximum absolute atomic E-state index is 12.8. The Kier molecular flexibility index (Phi) is 7.11. The van der Waals surface area contributed by atoms with Gasteiger partial charge in [-0.2, -0.15) is 0 Å². The van der Waals surface area contributed by atoms with E-state index in [9.17, 15) is 9.59 Å². The van der Waals surface area contributed by atoms with Gasteiger partial charge in [0.25, 0.3) is 11.1 Å². The number of hydrogen-bond donors (Lipinski definition) is 0. The van der Waals surface area contributed by atoms with Gasteiger partial charge in [-0.25, -0.2) is 0 Å². The molecule has 3 aromatic rings. The van der Waals surface area contributed by atoms with Crippen LogP contribution in [0.3, 0.4) is 0 Å². The van der Waals surface area contributed by atoms with E-state index in [1.54, 1.807) is 24.3 Å². The summed E-state index contributed by atoms with van der Waals surface area (Å²) in [5.74, 6) is 0.308. The monoisotopic (exact) mass is 503 g/mol. The molecule has 1 aliphatic rings. The molecule has 0 aromatic heterocycles. The van der Waals surface area contributed by atoms with Crippen molar-refractivity contribution in [2.45, 2.75) is 13.2 Å². The number of benzene rings is 3. The topological polar surface area (TPSA) is 46.6 Å². The second-order valence-corrected chi connectivity index (χ2v) is 9.25. The van der Waals surface area contributed by atoms with Crippen molar-refractivity contribution in [1.82, 2.24) is 4.90 Å². The third kappa shape index (κ3) is 5.48. The maximum atomic E-state index is 12.8. The van der Waals surface area contributed by atoms with Gasteiger partial charge >= 0.3 is 0 Å². The van der Waals surface area contributed by atoms with Crippen molar-refractivity contribution in [2.24, 2.45) is 0 Å². The highest BCUT2D eigenvalue weighted by molar-refractivity contribution is 8.18. The fourth-order valence-electron chi connectivity index (χ4n) is 3.05. The molecular weight excluding hydrogens is 489 g/mol. The Morgan fingerprint density at radius 3 is 2.38 bits per heavy atom. The van der Waals surface area contributed by atoms with E-state index in [-0.39, 0.29) is 17.7 Å². The van der Waals surface area contributed by atoms with Gasteiger partial charge in [0.1, 0.15) is 12.4 Å². The lowest BCUT2D eigenvalue weighted by molar-refractivity contribution is -0.123. The van der Waals surface area contributed by atoms with E-state index >= 15 is 0 Å². The average Bonchev–Trinajstić information content (AvgIpc) is 3.03. The lowest BCUT2D eigenvalue weighted by atomic mass is 10.2. The van der Waals surface area contributed by atoms with Crippen molar-refractivity contribution in [1.29, 1.82) is 0 Å². The largest absolute Gasteiger partial charge is 0.489 e. The van der Waals surface area contributed by atoms with Gasteiger partial charge in [0.15, 0.2) is 0 Å². The number of halogens is 3. The molecule has 1 fully saturated rings. The van der Waals surface area contributed by atoms with Gasteiger partial charge in [-0.05, 0) is 70.9 Å². The minimum atomic E-state index is -0.349. The quantitative estimate of drug-likeness (QED) is 0.327. The molecule has 0 spiro atoms. The molecule has 0 saturated carbocycles. The number of amides is 2. The summed E-state index contributed by atoms with van der Waals surface area (Å²) in [7, 11) is 0. The lowest BCUT2D eigenvalue weighted by Gasteiger charge is -2.13. The molecule has 162 valence electrons. The molecule has 0 aliphatic carbocycles. The molecule has 0 N–H and O–H groups in total. The number of hydrogen-bond acceptors (Lipinski definition) is 4. The first-order valence-corrected chi connectivity index (χ1v) is 11.5. The molecule has 2 amide bonds. The van der Waals surface area contributed by atoms with Gasteiger partial charge in [-0.3, -0.25) is 14.5 Å². The van der Waals surface area contributed by atoms with Gasteiger partial charge < -0.3 is 4.74 Å². The van der Waals surface area contributed by atoms with Crippen LogP contribution < -0.4 is 4.74 Å². The summed E-state index contributed by atoms with van der Waals surface area (Å²) in [5, 5.41) is 1.14. The normalized spacial score (nSPS) is 15.0. The zero-order valence-electron chi connectivity index (χ0n) is 16.6. The second kappa shape index (κ2) is 10.0. The predicted octanol–water partition coefficient (Wildman–Crippen LogP) is 7.46. The molecule has 8 heteroatoms. The van der Waals surface area contributed by atoms with Crippen LogP contribution in [0.4, 0.5) is 4.79 Å². The highest BCUT2D eigenvalue weighted by Gasteiger charge is 2.35. The summed E-state index contributed by atoms with van der Waals surface area (Å²) in [4.78, 5) is 26.8. The molecular formula is C24H16Cl3NO3S. The van der Waals surface area contributed by atoms with Crippen LogP contribution in [-0.4, -0.2) is 16.0 Å². The predicted molar refractivity (Wildman–Crippen MR) is 130 cm³/mol. The van der Waals surface area contributed by atoms with Crippen LogP contribution >= 0.6 is 46.6 Å². The fraction of sp³-hybridized carbons (Fsp3) is 0.0833. The number of carbonyl (C=O) groups excluding carboxylic acids is 2. The molecule has 1 heterocycles. The Morgan fingerprint density at radius 2 is 1.62 bits per heavy atom. The summed E-state index contributed by atoms with van der Waals surface area (Å²) in [6, 6.07) is 19.8. The SMILES string of the molecule is O=C1S/C(=C\c2cccc(OCc3ccc(Cl)cc3)c2)C(=O)N1Cc1ccc(Cl)c(Cl)c1. The van der Waals surface area contributed by atoms with E-state index in [1.165, 1.54) is 4.90 Å². The summed E-state index contributed by atoms with van der Waals surface area (Å²) in [6.07, 6.45) is 1.69. The molecule has 0 bridgehead atoms. The number of nitrogens with zero attached hydrogens (tertiary/aromatic N) is 1. The molecule has 1 aliphatic heterocycles. The van der Waals surface area contributed by atoms with Crippen LogP contribution in [0.25, 0.3) is 6.08 Å². The molecule has 0 atom stereocenters. The Hall–Kier alpha value is -2.44. The zero-order valence-corrected chi connectivity index (χ0v) is 19.6. The molecule has 0 unspecified atom stereocenters. The van der Waals surface area contributed by atoms with Gasteiger partial charge in [0.05, 0.1) is 21.5 Å². The van der Waals surface area contributed by atoms with E-state index in [0.717, 1.165) is 28.5 Å². The van der Waals surface area contributed by atoms with Crippen molar-refractivity contribution in [3.63, 3.8) is 0 Å². The van der Waals surface area contributed by atoms with Crippen LogP contribution in [0.1, 0.15) is 16.7 Å². The first-order valence-electron chi connectivity index (χ1n) is 9.55. The molecule has 4 nitrogen and oxygen atoms in total. The number of imide groups is 1. The maximum Gasteiger partial charge on any atom is 0.293 e. The van der Waals surface area contributed by atoms with Crippen LogP contribution in [0, 0.1) is 0 Å². The summed E-state index contributed by atoms with van der Waals surface area (Å²) in [5.41, 5.74) is 2.47. The van der Waals surface area contributed by atoms with Gasteiger partial charge in [-0.1, -0.05) is 65.1 Å². The van der Waals surface area contributed by atoms with Crippen LogP contribution in [-0.2, 0) is 17.9 Å². The summed E-state index contributed by atoms with van der Waals surface area (Å²) >= 11 is 18.8. The smallest absolute Gasteiger partial charge is 0.293 e. The third-order valence-electron chi connectivity index (χ3n) is 4.67. The Balaban J connectivity index is 1.45. The highest BCUT2D eigenvalue weighted by atomic mass is 35.5. The van der Waals surface area contributed by atoms with Gasteiger partial charge in [0.2, 0.25) is 0 Å². The minimum Gasteiger partial charge on any atom is -0.489 e. The number of carbonyl (C=O) groups is 2. The Morgan fingerprint density at radius 1 is 0.875 bits per heavy atom. The van der Waals surface area contributed by atoms with Crippen LogP contribution in [0.15, 0.2) is 71.6 Å². The average molecular weight is 505 g/mol. The van der Waals surface area contributed by atoms with Gasteiger partial charge in [0, 0.05) is 5.02 Å². The van der Waals surface area contributed by atoms with Crippen molar-refractivity contribution in [2.75, 3.05) is 0 Å². The molecule has 32 heavy (non-hydrogen) atoms. The van der Waals surface area contributed by atoms with E-state index in [1.807, 2.05) is 48.5 Å². The van der Waals surface area contributed by atoms with E-state index in [4.69, 9.17) is 39.5 Å². The summed E-state index contributed by atoms with van der Waals surface area (Å²) in [6.45, 7) is 0.518. The first-order chi connectivity index (χ1) is 15.4. The number of thioether (sulfide) groups is 1. The van der Waals surface area contributed by atoms with Crippen molar-refractivity contribution in [3.8, 4) is 5.75 Å². The van der Waals surface area contributed by atoms with Crippen molar-refractivity contribution in [3.05, 3.63) is 103 Å². The molecule has 1 saturated heterocycles. The molecule has 3 aromatic carbocycles. The second-order valence-electron chi connectivity index (χ2n) is 7.00. The van der Waals surface area contributed by atoms with E-state index < -0.39 is 0 Å². The van der Waals surface area contributed by atoms with Gasteiger partial charge in [-0.15, -0.1) is 0 Å². The van der Waals surface area contributed by atoms with E-state index in [2.05, 4.69) is 0 Å². The molecule has 0 radical (unpaired) electrons. The standard InChI is InChI=1S/C24H16Cl3NO3S/c25-18-7-4-15(5-8-18)14-31-19-3-1-2-16(10-19)12-22-23(29)28(24(30)32-22)13-17-6-9-20(26)21(27)11-17/h1-12H,13-14H2/b22-12-. The fourth-order valence-corrected chi connectivity index (χ4v) is 4.33. The Labute approximate surface area is 204 Å². The Bertz CT molecular complexity index is 1210. The number of rotatable bonds is 6. The molecule has 4 rings (SSSR count). The lowest BCUT2D eigenvalue weighted by Crippen LogP contribution is -2.27. The zero-order chi connectivity index (χ0) is 22.7. The van der Waals surface area contributed by atoms with Crippen LogP contribution in [0.5, 0.6) is 5.75 Å². The van der Waals surface area contributed by atoms with Crippen LogP contribution in [0.2, 0.25) is 15.1 Å². The number of ether oxygens (including phenoxy) is 1. The van der Waals surface area contributed by atoms with E-state index in [0.29, 0.717) is 32.3 Å². The van der Waals surface area contributed by atoms with Crippen molar-refractivity contribution < 1.29 is 14.3 Å².